The molecule has 0 N–H and O–H groups in total. The second kappa shape index (κ2) is 7.26. The van der Waals surface area contributed by atoms with Crippen LogP contribution in [0.25, 0.3) is 0 Å². The van der Waals surface area contributed by atoms with Crippen molar-refractivity contribution in [2.45, 2.75) is 23.1 Å². The minimum atomic E-state index is -4.39. The highest BCUT2D eigenvalue weighted by Gasteiger charge is 2.34. The summed E-state index contributed by atoms with van der Waals surface area (Å²) < 4.78 is 64.0. The van der Waals surface area contributed by atoms with Gasteiger partial charge in [-0.05, 0) is 55.0 Å². The normalized spacial score (nSPS) is 18.1. The molecule has 3 rings (SSSR count). The van der Waals surface area contributed by atoms with E-state index < -0.39 is 25.9 Å². The highest BCUT2D eigenvalue weighted by Crippen LogP contribution is 2.28. The van der Waals surface area contributed by atoms with Crippen molar-refractivity contribution in [3.63, 3.8) is 0 Å². The lowest BCUT2D eigenvalue weighted by Crippen LogP contribution is -2.33. The molecule has 0 radical (unpaired) electrons. The number of halogens is 1. The molecule has 0 unspecified atom stereocenters. The molecule has 1 aliphatic heterocycles. The Kier molecular flexibility index (Phi) is 5.30. The monoisotopic (exact) mass is 426 g/mol. The summed E-state index contributed by atoms with van der Waals surface area (Å²) in [6, 6.07) is 9.35. The molecular formula is C18H19FN2O5S2. The van der Waals surface area contributed by atoms with Crippen LogP contribution < -0.4 is 4.90 Å². The number of anilines is 1. The van der Waals surface area contributed by atoms with E-state index in [0.29, 0.717) is 12.2 Å². The zero-order valence-corrected chi connectivity index (χ0v) is 16.9. The third-order valence-electron chi connectivity index (χ3n) is 4.71. The molecule has 1 heterocycles. The van der Waals surface area contributed by atoms with Gasteiger partial charge < -0.3 is 4.90 Å². The lowest BCUT2D eigenvalue weighted by atomic mass is 10.1. The average Bonchev–Trinajstić information content (AvgIpc) is 3.00. The maximum absolute atomic E-state index is 13.0. The Balaban J connectivity index is 1.90. The van der Waals surface area contributed by atoms with Gasteiger partial charge in [-0.2, -0.15) is 0 Å². The van der Waals surface area contributed by atoms with Crippen LogP contribution in [0.15, 0.2) is 58.3 Å². The number of carbonyl (C=O) groups is 1. The number of amides is 1. The lowest BCUT2D eigenvalue weighted by molar-refractivity contribution is -0.119. The van der Waals surface area contributed by atoms with Crippen LogP contribution in [0.2, 0.25) is 0 Å². The van der Waals surface area contributed by atoms with Gasteiger partial charge in [-0.1, -0.05) is 10.6 Å². The van der Waals surface area contributed by atoms with Gasteiger partial charge in [0.25, 0.3) is 20.0 Å². The number of hydrogen-bond acceptors (Lipinski definition) is 5. The van der Waals surface area contributed by atoms with Crippen LogP contribution in [0, 0.1) is 11.7 Å². The third-order valence-corrected chi connectivity index (χ3v) is 8.98. The Morgan fingerprint density at radius 1 is 0.929 bits per heavy atom. The van der Waals surface area contributed by atoms with Crippen molar-refractivity contribution in [3.05, 3.63) is 54.3 Å². The molecule has 10 heteroatoms. The highest BCUT2D eigenvalue weighted by molar-refractivity contribution is 8.04. The first-order valence-corrected chi connectivity index (χ1v) is 11.3. The van der Waals surface area contributed by atoms with Crippen molar-refractivity contribution in [1.82, 2.24) is 3.71 Å². The number of nitrogens with zero attached hydrogens (tertiary/aromatic N) is 2. The fraction of sp³-hybridized carbons (Fsp3) is 0.278. The Morgan fingerprint density at radius 2 is 1.39 bits per heavy atom. The van der Waals surface area contributed by atoms with E-state index in [1.807, 2.05) is 6.92 Å². The molecule has 1 aliphatic rings. The smallest absolute Gasteiger partial charge is 0.256 e. The molecule has 0 aromatic heterocycles. The standard InChI is InChI=1S/C18H19FN2O5S2/c1-13-11-12-21(18(13)22)15-5-9-17(10-6-15)28(25,26)20(2)27(23,24)16-7-3-14(19)4-8-16/h3-10,13H,11-12H2,1-2H3/t13-/m0/s1. The zero-order valence-electron chi connectivity index (χ0n) is 15.2. The molecule has 7 nitrogen and oxygen atoms in total. The fourth-order valence-electron chi connectivity index (χ4n) is 2.91. The largest absolute Gasteiger partial charge is 0.312 e. The SMILES string of the molecule is C[C@H]1CCN(c2ccc(S(=O)(=O)N(C)S(=O)(=O)c3ccc(F)cc3)cc2)C1=O. The molecule has 0 spiro atoms. The summed E-state index contributed by atoms with van der Waals surface area (Å²) in [7, 11) is -7.84. The topological polar surface area (TPSA) is 91.8 Å². The summed E-state index contributed by atoms with van der Waals surface area (Å²) in [6.07, 6.45) is 0.720. The molecule has 1 fully saturated rings. The quantitative estimate of drug-likeness (QED) is 0.731. The molecular weight excluding hydrogens is 407 g/mol. The summed E-state index contributed by atoms with van der Waals surface area (Å²) in [5.74, 6) is -0.757. The Hall–Kier alpha value is -2.30. The van der Waals surface area contributed by atoms with Gasteiger partial charge in [0.1, 0.15) is 5.82 Å². The molecule has 2 aromatic carbocycles. The highest BCUT2D eigenvalue weighted by atomic mass is 32.3. The number of benzene rings is 2. The van der Waals surface area contributed by atoms with E-state index in [2.05, 4.69) is 0 Å². The fourth-order valence-corrected chi connectivity index (χ4v) is 6.01. The van der Waals surface area contributed by atoms with E-state index in [1.54, 1.807) is 4.90 Å². The second-order valence-corrected chi connectivity index (χ2v) is 10.7. The van der Waals surface area contributed by atoms with E-state index in [-0.39, 0.29) is 25.3 Å². The summed E-state index contributed by atoms with van der Waals surface area (Å²) in [6.45, 7) is 2.38. The molecule has 1 saturated heterocycles. The minimum absolute atomic E-state index is 0.0355. The predicted octanol–water partition coefficient (Wildman–Crippen LogP) is 2.21. The lowest BCUT2D eigenvalue weighted by Gasteiger charge is -2.19. The average molecular weight is 426 g/mol. The molecule has 0 bridgehead atoms. The second-order valence-electron chi connectivity index (χ2n) is 6.52. The summed E-state index contributed by atoms with van der Waals surface area (Å²) in [5, 5.41) is 0. The number of sulfonamides is 2. The molecule has 1 atom stereocenters. The number of rotatable bonds is 5. The Morgan fingerprint density at radius 3 is 1.82 bits per heavy atom. The van der Waals surface area contributed by atoms with Crippen LogP contribution in [0.5, 0.6) is 0 Å². The molecule has 28 heavy (non-hydrogen) atoms. The van der Waals surface area contributed by atoms with Gasteiger partial charge in [0.15, 0.2) is 0 Å². The van der Waals surface area contributed by atoms with E-state index in [9.17, 15) is 26.0 Å². The van der Waals surface area contributed by atoms with Gasteiger partial charge in [-0.15, -0.1) is 0 Å². The maximum atomic E-state index is 13.0. The Labute approximate surface area is 163 Å². The molecule has 150 valence electrons. The van der Waals surface area contributed by atoms with Crippen LogP contribution in [-0.4, -0.2) is 40.0 Å². The summed E-state index contributed by atoms with van der Waals surface area (Å²) in [5.41, 5.74) is 0.553. The first kappa shape index (κ1) is 20.4. The van der Waals surface area contributed by atoms with E-state index in [1.165, 1.54) is 24.3 Å². The van der Waals surface area contributed by atoms with Crippen LogP contribution in [0.4, 0.5) is 10.1 Å². The predicted molar refractivity (Wildman–Crippen MR) is 101 cm³/mol. The van der Waals surface area contributed by atoms with Gasteiger partial charge >= 0.3 is 0 Å². The van der Waals surface area contributed by atoms with Crippen LogP contribution in [0.3, 0.4) is 0 Å². The van der Waals surface area contributed by atoms with Crippen molar-refractivity contribution in [2.75, 3.05) is 18.5 Å². The molecule has 1 amide bonds. The number of carbonyl (C=O) groups excluding carboxylic acids is 1. The van der Waals surface area contributed by atoms with Gasteiger partial charge in [0, 0.05) is 25.2 Å². The molecule has 0 aliphatic carbocycles. The number of hydrogen-bond donors (Lipinski definition) is 0. The third kappa shape index (κ3) is 3.54. The van der Waals surface area contributed by atoms with Crippen LogP contribution in [0.1, 0.15) is 13.3 Å². The molecule has 0 saturated carbocycles. The Bertz CT molecular complexity index is 1100. The van der Waals surface area contributed by atoms with E-state index in [0.717, 1.165) is 37.7 Å². The van der Waals surface area contributed by atoms with Gasteiger partial charge in [-0.25, -0.2) is 21.2 Å². The first-order valence-electron chi connectivity index (χ1n) is 8.46. The molecule has 2 aromatic rings. The van der Waals surface area contributed by atoms with Crippen molar-refractivity contribution in [1.29, 1.82) is 0 Å². The van der Waals surface area contributed by atoms with Gasteiger partial charge in [0.05, 0.1) is 9.79 Å². The minimum Gasteiger partial charge on any atom is -0.312 e. The van der Waals surface area contributed by atoms with Crippen molar-refractivity contribution in [2.24, 2.45) is 5.92 Å². The maximum Gasteiger partial charge on any atom is 0.256 e. The zero-order chi connectivity index (χ0) is 20.7. The van der Waals surface area contributed by atoms with Gasteiger partial charge in [-0.3, -0.25) is 4.79 Å². The van der Waals surface area contributed by atoms with Crippen molar-refractivity contribution >= 4 is 31.6 Å². The summed E-state index contributed by atoms with van der Waals surface area (Å²) in [4.78, 5) is 13.1. The van der Waals surface area contributed by atoms with Crippen LogP contribution in [-0.2, 0) is 24.8 Å². The summed E-state index contributed by atoms with van der Waals surface area (Å²) >= 11 is 0. The van der Waals surface area contributed by atoms with Gasteiger partial charge in [0.2, 0.25) is 5.91 Å². The van der Waals surface area contributed by atoms with E-state index in [4.69, 9.17) is 0 Å². The van der Waals surface area contributed by atoms with Crippen molar-refractivity contribution in [3.8, 4) is 0 Å². The van der Waals surface area contributed by atoms with E-state index >= 15 is 0 Å². The van der Waals surface area contributed by atoms with Crippen molar-refractivity contribution < 1.29 is 26.0 Å². The van der Waals surface area contributed by atoms with Crippen LogP contribution >= 0.6 is 0 Å². The first-order chi connectivity index (χ1) is 13.0.